The van der Waals surface area contributed by atoms with Gasteiger partial charge in [0.2, 0.25) is 5.56 Å². The number of anilines is 1. The Labute approximate surface area is 284 Å². The van der Waals surface area contributed by atoms with Crippen LogP contribution in [0.3, 0.4) is 0 Å². The number of halogens is 2. The number of benzene rings is 1. The molecule has 2 saturated heterocycles. The number of nitrogens with one attached hydrogen (secondary N) is 3. The van der Waals surface area contributed by atoms with Gasteiger partial charge in [-0.05, 0) is 50.6 Å². The van der Waals surface area contributed by atoms with Crippen molar-refractivity contribution in [1.29, 1.82) is 0 Å². The molecule has 48 heavy (non-hydrogen) atoms. The molecule has 0 saturated carbocycles. The van der Waals surface area contributed by atoms with Crippen molar-refractivity contribution >= 4 is 27.5 Å². The van der Waals surface area contributed by atoms with Crippen molar-refractivity contribution in [3.63, 3.8) is 0 Å². The molecule has 3 aromatic heterocycles. The van der Waals surface area contributed by atoms with Crippen LogP contribution in [-0.2, 0) is 6.42 Å². The number of aryl methyl sites for hydroxylation is 1. The predicted molar refractivity (Wildman–Crippen MR) is 194 cm³/mol. The second kappa shape index (κ2) is 20.0. The van der Waals surface area contributed by atoms with Gasteiger partial charge in [0, 0.05) is 37.1 Å². The summed E-state index contributed by atoms with van der Waals surface area (Å²) in [5.41, 5.74) is 0.832. The van der Waals surface area contributed by atoms with Crippen LogP contribution in [0.1, 0.15) is 85.8 Å². The molecule has 11 heteroatoms. The average Bonchev–Trinajstić information content (AvgIpc) is 3.68. The lowest BCUT2D eigenvalue weighted by Gasteiger charge is -2.16. The molecule has 264 valence electrons. The Morgan fingerprint density at radius 3 is 2.48 bits per heavy atom. The van der Waals surface area contributed by atoms with Crippen molar-refractivity contribution in [2.45, 2.75) is 98.7 Å². The van der Waals surface area contributed by atoms with E-state index in [1.165, 1.54) is 32.4 Å². The van der Waals surface area contributed by atoms with Gasteiger partial charge in [0.25, 0.3) is 0 Å². The number of hydrogen-bond acceptors (Lipinski definition) is 8. The van der Waals surface area contributed by atoms with Crippen molar-refractivity contribution < 1.29 is 13.5 Å². The molecule has 4 aromatic rings. The Kier molecular flexibility index (Phi) is 16.1. The molecule has 0 bridgehead atoms. The molecule has 3 N–H and O–H groups in total. The van der Waals surface area contributed by atoms with Gasteiger partial charge in [-0.1, -0.05) is 78.6 Å². The van der Waals surface area contributed by atoms with Gasteiger partial charge in [-0.15, -0.1) is 0 Å². The Bertz CT molecular complexity index is 1620. The highest BCUT2D eigenvalue weighted by Crippen LogP contribution is 2.35. The van der Waals surface area contributed by atoms with E-state index in [2.05, 4.69) is 51.3 Å². The largest absolute Gasteiger partial charge is 0.467 e. The van der Waals surface area contributed by atoms with Crippen molar-refractivity contribution in [1.82, 2.24) is 30.2 Å². The molecule has 0 amide bonds. The Morgan fingerprint density at radius 2 is 1.79 bits per heavy atom. The van der Waals surface area contributed by atoms with E-state index in [0.717, 1.165) is 38.9 Å². The molecule has 2 aliphatic heterocycles. The van der Waals surface area contributed by atoms with Crippen LogP contribution in [0.25, 0.3) is 33.1 Å². The first-order chi connectivity index (χ1) is 23.3. The van der Waals surface area contributed by atoms with Crippen LogP contribution in [0, 0.1) is 5.82 Å². The van der Waals surface area contributed by atoms with E-state index >= 15 is 4.39 Å². The zero-order chi connectivity index (χ0) is 35.1. The summed E-state index contributed by atoms with van der Waals surface area (Å²) in [6, 6.07) is 9.49. The van der Waals surface area contributed by atoms with Gasteiger partial charge in [-0.2, -0.15) is 9.97 Å². The molecule has 2 aliphatic rings. The molecule has 6 rings (SSSR count). The number of alkyl halides is 1. The molecule has 0 spiro atoms. The molecular formula is C37H55F2N7O2. The maximum Gasteiger partial charge on any atom is 0.318 e. The molecule has 2 atom stereocenters. The molecule has 0 aliphatic carbocycles. The third kappa shape index (κ3) is 9.92. The molecular weight excluding hydrogens is 612 g/mol. The fourth-order valence-corrected chi connectivity index (χ4v) is 6.03. The van der Waals surface area contributed by atoms with Gasteiger partial charge < -0.3 is 20.4 Å². The van der Waals surface area contributed by atoms with Crippen LogP contribution >= 0.6 is 0 Å². The first kappa shape index (κ1) is 38.7. The number of H-pyrrole nitrogens is 1. The third-order valence-corrected chi connectivity index (χ3v) is 7.99. The SMILES string of the molecule is CC.CCC.CCCNCCNc1nc(OC)nc2c(F)c(-c3[nH]c(=O)cc4ccccc34)nc(CCC)c12.FC1CC2CCCN2C1. The smallest absolute Gasteiger partial charge is 0.318 e. The van der Waals surface area contributed by atoms with Gasteiger partial charge in [0.15, 0.2) is 5.82 Å². The minimum atomic E-state index is -0.630. The van der Waals surface area contributed by atoms with Gasteiger partial charge >= 0.3 is 6.01 Å². The van der Waals surface area contributed by atoms with E-state index in [0.29, 0.717) is 58.9 Å². The lowest BCUT2D eigenvalue weighted by Crippen LogP contribution is -2.23. The number of aromatic amines is 1. The topological polar surface area (TPSA) is 108 Å². The summed E-state index contributed by atoms with van der Waals surface area (Å²) in [7, 11) is 1.45. The van der Waals surface area contributed by atoms with Crippen molar-refractivity contribution in [2.24, 2.45) is 0 Å². The minimum Gasteiger partial charge on any atom is -0.467 e. The zero-order valence-corrected chi connectivity index (χ0v) is 29.9. The first-order valence-electron chi connectivity index (χ1n) is 17.7. The van der Waals surface area contributed by atoms with Crippen LogP contribution in [-0.4, -0.2) is 76.9 Å². The van der Waals surface area contributed by atoms with Crippen LogP contribution in [0.15, 0.2) is 35.1 Å². The summed E-state index contributed by atoms with van der Waals surface area (Å²) >= 11 is 0. The number of pyridine rings is 2. The van der Waals surface area contributed by atoms with Gasteiger partial charge in [-0.3, -0.25) is 9.69 Å². The summed E-state index contributed by atoms with van der Waals surface area (Å²) in [6.45, 7) is 16.5. The second-order valence-electron chi connectivity index (χ2n) is 11.9. The summed E-state index contributed by atoms with van der Waals surface area (Å²) in [6.07, 6.45) is 6.49. The molecule has 0 radical (unpaired) electrons. The van der Waals surface area contributed by atoms with E-state index in [1.807, 2.05) is 45.0 Å². The number of fused-ring (bicyclic) bond motifs is 3. The summed E-state index contributed by atoms with van der Waals surface area (Å²) in [5.74, 6) is -0.150. The number of aromatic nitrogens is 4. The number of ether oxygens (including phenoxy) is 1. The number of hydrogen-bond donors (Lipinski definition) is 3. The fraction of sp³-hybridized carbons (Fsp3) is 0.568. The normalized spacial score (nSPS) is 16.7. The lowest BCUT2D eigenvalue weighted by molar-refractivity contribution is 0.292. The quantitative estimate of drug-likeness (QED) is 0.148. The maximum absolute atomic E-state index is 16.0. The predicted octanol–water partition coefficient (Wildman–Crippen LogP) is 7.68. The molecule has 9 nitrogen and oxygen atoms in total. The van der Waals surface area contributed by atoms with E-state index in [1.54, 1.807) is 0 Å². The van der Waals surface area contributed by atoms with Crippen LogP contribution < -0.4 is 20.9 Å². The molecule has 5 heterocycles. The summed E-state index contributed by atoms with van der Waals surface area (Å²) < 4.78 is 33.9. The highest BCUT2D eigenvalue weighted by Gasteiger charge is 2.34. The van der Waals surface area contributed by atoms with Gasteiger partial charge in [0.1, 0.15) is 23.2 Å². The van der Waals surface area contributed by atoms with Crippen molar-refractivity contribution in [3.8, 4) is 17.4 Å². The van der Waals surface area contributed by atoms with Crippen molar-refractivity contribution in [3.05, 3.63) is 52.2 Å². The number of rotatable bonds is 10. The number of methoxy groups -OCH3 is 1. The summed E-state index contributed by atoms with van der Waals surface area (Å²) in [4.78, 5) is 30.9. The maximum atomic E-state index is 16.0. The van der Waals surface area contributed by atoms with Crippen LogP contribution in [0.4, 0.5) is 14.6 Å². The van der Waals surface area contributed by atoms with E-state index < -0.39 is 12.0 Å². The standard InChI is InChI=1S/C25H29FN6O2.C7H12FN.C3H8.C2H6/c1-4-8-17-19-22(31-25(34-3)32-24(19)28-13-12-27-11-5-2)20(26)23(29-17)21-16-10-7-6-9-15(16)14-18(33)30-21;8-6-4-7-2-1-3-9(7)5-6;1-3-2;1-2/h6-7,9-10,14,27H,4-5,8,11-13H2,1-3H3,(H,30,33)(H,28,31,32);6-7H,1-5H2;3H2,1-2H3;1-2H3. The average molecular weight is 668 g/mol. The van der Waals surface area contributed by atoms with Gasteiger partial charge in [-0.25, -0.2) is 13.8 Å². The highest BCUT2D eigenvalue weighted by atomic mass is 19.1. The molecule has 2 fully saturated rings. The molecule has 2 unspecified atom stereocenters. The third-order valence-electron chi connectivity index (χ3n) is 7.99. The van der Waals surface area contributed by atoms with Crippen molar-refractivity contribution in [2.75, 3.05) is 45.2 Å². The Hall–Kier alpha value is -3.70. The minimum absolute atomic E-state index is 0.0566. The fourth-order valence-electron chi connectivity index (χ4n) is 6.03. The van der Waals surface area contributed by atoms with Gasteiger partial charge in [0.05, 0.1) is 23.9 Å². The monoisotopic (exact) mass is 667 g/mol. The van der Waals surface area contributed by atoms with Crippen LogP contribution in [0.2, 0.25) is 0 Å². The second-order valence-corrected chi connectivity index (χ2v) is 11.9. The molecule has 1 aromatic carbocycles. The Morgan fingerprint density at radius 1 is 1.04 bits per heavy atom. The highest BCUT2D eigenvalue weighted by molar-refractivity contribution is 5.98. The van der Waals surface area contributed by atoms with Crippen LogP contribution in [0.5, 0.6) is 6.01 Å². The summed E-state index contributed by atoms with van der Waals surface area (Å²) in [5, 5.41) is 8.56. The number of nitrogens with zero attached hydrogens (tertiary/aromatic N) is 4. The first-order valence-corrected chi connectivity index (χ1v) is 17.7. The van der Waals surface area contributed by atoms with E-state index in [9.17, 15) is 9.18 Å². The lowest BCUT2D eigenvalue weighted by atomic mass is 10.0. The van der Waals surface area contributed by atoms with E-state index in [-0.39, 0.29) is 22.8 Å². The van der Waals surface area contributed by atoms with E-state index in [4.69, 9.17) is 9.72 Å². The zero-order valence-electron chi connectivity index (χ0n) is 29.9. The Balaban J connectivity index is 0.000000371.